The van der Waals surface area contributed by atoms with E-state index < -0.39 is 20.8 Å². The Bertz CT molecular complexity index is 1050. The fourth-order valence-corrected chi connectivity index (χ4v) is 2.98. The highest BCUT2D eigenvalue weighted by atomic mass is 32.2. The van der Waals surface area contributed by atoms with Gasteiger partial charge in [0.2, 0.25) is 0 Å². The van der Waals surface area contributed by atoms with Crippen molar-refractivity contribution in [3.63, 3.8) is 0 Å². The summed E-state index contributed by atoms with van der Waals surface area (Å²) in [5.41, 5.74) is 6.19. The fraction of sp³-hybridized carbons (Fsp3) is 0. The van der Waals surface area contributed by atoms with Crippen LogP contribution in [0.2, 0.25) is 0 Å². The van der Waals surface area contributed by atoms with Crippen molar-refractivity contribution >= 4 is 38.0 Å². The summed E-state index contributed by atoms with van der Waals surface area (Å²) in [4.78, 5) is -0.544. The van der Waals surface area contributed by atoms with Gasteiger partial charge in [-0.2, -0.15) is 13.5 Å². The summed E-state index contributed by atoms with van der Waals surface area (Å²) >= 11 is 0. The molecule has 0 fully saturated rings. The van der Waals surface area contributed by atoms with Crippen LogP contribution < -0.4 is 5.73 Å². The van der Waals surface area contributed by atoms with E-state index in [1.54, 1.807) is 48.5 Å². The van der Waals surface area contributed by atoms with Gasteiger partial charge in [0.05, 0.1) is 5.69 Å². The summed E-state index contributed by atoms with van der Waals surface area (Å²) in [6.45, 7) is 0. The minimum atomic E-state index is -4.62. The molecule has 0 heterocycles. The van der Waals surface area contributed by atoms with Crippen molar-refractivity contribution in [1.29, 1.82) is 0 Å². The lowest BCUT2D eigenvalue weighted by atomic mass is 10.1. The van der Waals surface area contributed by atoms with Gasteiger partial charge in [-0.1, -0.05) is 30.3 Å². The van der Waals surface area contributed by atoms with Gasteiger partial charge in [-0.15, -0.1) is 5.11 Å². The molecule has 8 heteroatoms. The van der Waals surface area contributed by atoms with Crippen LogP contribution in [0.25, 0.3) is 10.8 Å². The minimum Gasteiger partial charge on any atom is -0.505 e. The number of hydrogen-bond acceptors (Lipinski definition) is 6. The van der Waals surface area contributed by atoms with E-state index in [0.717, 1.165) is 0 Å². The number of hydrogen-bond donors (Lipinski definition) is 3. The van der Waals surface area contributed by atoms with Gasteiger partial charge in [0.15, 0.2) is 5.75 Å². The second-order valence-corrected chi connectivity index (χ2v) is 6.42. The van der Waals surface area contributed by atoms with Crippen LogP contribution in [0.1, 0.15) is 0 Å². The molecule has 0 aromatic heterocycles. The number of nitrogens with two attached hydrogens (primary N) is 1. The van der Waals surface area contributed by atoms with Gasteiger partial charge in [-0.25, -0.2) is 0 Å². The first-order valence-corrected chi connectivity index (χ1v) is 8.30. The van der Waals surface area contributed by atoms with E-state index in [9.17, 15) is 18.1 Å². The number of nitrogens with zero attached hydrogens (tertiary/aromatic N) is 2. The van der Waals surface area contributed by atoms with Crippen LogP contribution >= 0.6 is 0 Å². The van der Waals surface area contributed by atoms with Crippen LogP contribution in [-0.4, -0.2) is 18.1 Å². The Morgan fingerprint density at radius 3 is 2.33 bits per heavy atom. The zero-order valence-electron chi connectivity index (χ0n) is 12.3. The molecule has 0 bridgehead atoms. The van der Waals surface area contributed by atoms with E-state index in [1.165, 1.54) is 6.07 Å². The highest BCUT2D eigenvalue weighted by Crippen LogP contribution is 2.43. The standard InChI is InChI=1S/C16H13N3O4S/c17-12-8-4-5-10-9-13(24(21,22)23)15(16(20)14(10)12)19-18-11-6-2-1-3-7-11/h1-9,20H,17H2,(H,21,22,23). The molecule has 0 amide bonds. The molecule has 0 spiro atoms. The van der Waals surface area contributed by atoms with Gasteiger partial charge in [-0.05, 0) is 29.7 Å². The summed E-state index contributed by atoms with van der Waals surface area (Å²) < 4.78 is 32.8. The third kappa shape index (κ3) is 2.92. The smallest absolute Gasteiger partial charge is 0.296 e. The number of aromatic hydroxyl groups is 1. The Labute approximate surface area is 137 Å². The van der Waals surface area contributed by atoms with E-state index in [4.69, 9.17) is 5.73 Å². The highest BCUT2D eigenvalue weighted by Gasteiger charge is 2.22. The van der Waals surface area contributed by atoms with Crippen molar-refractivity contribution in [1.82, 2.24) is 0 Å². The Morgan fingerprint density at radius 1 is 0.958 bits per heavy atom. The fourth-order valence-electron chi connectivity index (χ4n) is 2.32. The molecule has 0 aliphatic heterocycles. The van der Waals surface area contributed by atoms with Crippen molar-refractivity contribution < 1.29 is 18.1 Å². The van der Waals surface area contributed by atoms with Crippen molar-refractivity contribution in [2.45, 2.75) is 4.90 Å². The number of phenolic OH excluding ortho intramolecular Hbond substituents is 1. The quantitative estimate of drug-likeness (QED) is 0.379. The van der Waals surface area contributed by atoms with Crippen LogP contribution in [0.5, 0.6) is 5.75 Å². The number of benzene rings is 3. The second-order valence-electron chi connectivity index (χ2n) is 5.03. The molecule has 122 valence electrons. The Morgan fingerprint density at radius 2 is 1.67 bits per heavy atom. The molecule has 24 heavy (non-hydrogen) atoms. The Hall–Kier alpha value is -2.97. The third-order valence-corrected chi connectivity index (χ3v) is 4.28. The first-order chi connectivity index (χ1) is 11.4. The van der Waals surface area contributed by atoms with Crippen LogP contribution in [0, 0.1) is 0 Å². The van der Waals surface area contributed by atoms with Crippen LogP contribution in [0.15, 0.2) is 69.7 Å². The average molecular weight is 343 g/mol. The number of fused-ring (bicyclic) bond motifs is 1. The largest absolute Gasteiger partial charge is 0.505 e. The van der Waals surface area contributed by atoms with Crippen molar-refractivity contribution in [3.8, 4) is 5.75 Å². The molecule has 0 aliphatic rings. The maximum Gasteiger partial charge on any atom is 0.296 e. The van der Waals surface area contributed by atoms with Crippen LogP contribution in [-0.2, 0) is 10.1 Å². The number of rotatable bonds is 3. The summed E-state index contributed by atoms with van der Waals surface area (Å²) in [5.74, 6) is -0.460. The van der Waals surface area contributed by atoms with E-state index in [-0.39, 0.29) is 16.8 Å². The summed E-state index contributed by atoms with van der Waals surface area (Å²) in [6, 6.07) is 14.5. The molecule has 3 aromatic carbocycles. The van der Waals surface area contributed by atoms with Gasteiger partial charge in [0.1, 0.15) is 10.6 Å². The molecule has 7 nitrogen and oxygen atoms in total. The Kier molecular flexibility index (Phi) is 3.92. The number of phenols is 1. The first kappa shape index (κ1) is 15.9. The average Bonchev–Trinajstić information content (AvgIpc) is 2.54. The zero-order chi connectivity index (χ0) is 17.3. The summed E-state index contributed by atoms with van der Waals surface area (Å²) in [7, 11) is -4.62. The number of anilines is 1. The lowest BCUT2D eigenvalue weighted by molar-refractivity contribution is 0.472. The zero-order valence-corrected chi connectivity index (χ0v) is 13.1. The topological polar surface area (TPSA) is 125 Å². The monoisotopic (exact) mass is 343 g/mol. The maximum atomic E-state index is 11.7. The predicted octanol–water partition coefficient (Wildman–Crippen LogP) is 3.79. The Balaban J connectivity index is 2.30. The molecule has 0 radical (unpaired) electrons. The number of nitrogen functional groups attached to an aromatic ring is 1. The van der Waals surface area contributed by atoms with Crippen molar-refractivity contribution in [2.24, 2.45) is 10.2 Å². The minimum absolute atomic E-state index is 0.243. The molecule has 3 aromatic rings. The molecule has 4 N–H and O–H groups in total. The van der Waals surface area contributed by atoms with E-state index >= 15 is 0 Å². The van der Waals surface area contributed by atoms with E-state index in [1.807, 2.05) is 0 Å². The molecular weight excluding hydrogens is 330 g/mol. The van der Waals surface area contributed by atoms with Gasteiger partial charge >= 0.3 is 0 Å². The molecule has 0 atom stereocenters. The molecule has 3 rings (SSSR count). The van der Waals surface area contributed by atoms with Gasteiger partial charge in [0.25, 0.3) is 10.1 Å². The maximum absolute atomic E-state index is 11.7. The third-order valence-electron chi connectivity index (χ3n) is 3.41. The van der Waals surface area contributed by atoms with Crippen molar-refractivity contribution in [2.75, 3.05) is 5.73 Å². The van der Waals surface area contributed by atoms with Gasteiger partial charge < -0.3 is 10.8 Å². The van der Waals surface area contributed by atoms with Crippen LogP contribution in [0.4, 0.5) is 17.1 Å². The summed E-state index contributed by atoms with van der Waals surface area (Å²) in [5, 5.41) is 18.8. The molecular formula is C16H13N3O4S. The highest BCUT2D eigenvalue weighted by molar-refractivity contribution is 7.86. The van der Waals surface area contributed by atoms with E-state index in [2.05, 4.69) is 10.2 Å². The van der Waals surface area contributed by atoms with Gasteiger partial charge in [-0.3, -0.25) is 4.55 Å². The molecule has 0 saturated carbocycles. The predicted molar refractivity (Wildman–Crippen MR) is 90.5 cm³/mol. The lowest BCUT2D eigenvalue weighted by Gasteiger charge is -2.10. The van der Waals surface area contributed by atoms with E-state index in [0.29, 0.717) is 11.1 Å². The number of azo groups is 1. The molecule has 0 aliphatic carbocycles. The van der Waals surface area contributed by atoms with Gasteiger partial charge in [0, 0.05) is 11.1 Å². The molecule has 0 saturated heterocycles. The lowest BCUT2D eigenvalue weighted by Crippen LogP contribution is -1.99. The van der Waals surface area contributed by atoms with Crippen LogP contribution in [0.3, 0.4) is 0 Å². The second kappa shape index (κ2) is 5.91. The van der Waals surface area contributed by atoms with Crippen molar-refractivity contribution in [3.05, 3.63) is 54.6 Å². The summed E-state index contributed by atoms with van der Waals surface area (Å²) in [6.07, 6.45) is 0. The first-order valence-electron chi connectivity index (χ1n) is 6.86. The molecule has 0 unspecified atom stereocenters. The SMILES string of the molecule is Nc1cccc2cc(S(=O)(=O)O)c(N=Nc3ccccc3)c(O)c12. The normalized spacial score (nSPS) is 12.0.